The van der Waals surface area contributed by atoms with Crippen LogP contribution in [0.2, 0.25) is 0 Å². The molecule has 0 aliphatic carbocycles. The molecule has 29 heavy (non-hydrogen) atoms. The third-order valence-corrected chi connectivity index (χ3v) is 4.98. The SMILES string of the molecule is O=C(O)CCCN1C(=O)S/C(=C\c2cccc(-c3ccc([N+](=O)[O-])cc3)n2)C1=O. The third-order valence-electron chi connectivity index (χ3n) is 4.07. The number of nitro benzene ring substituents is 1. The second-order valence-corrected chi connectivity index (χ2v) is 7.08. The number of amides is 2. The molecule has 148 valence electrons. The number of thioether (sulfide) groups is 1. The van der Waals surface area contributed by atoms with Crippen LogP contribution in [0.1, 0.15) is 18.5 Å². The van der Waals surface area contributed by atoms with Gasteiger partial charge in [0.2, 0.25) is 0 Å². The van der Waals surface area contributed by atoms with Gasteiger partial charge < -0.3 is 5.11 Å². The Labute approximate surface area is 169 Å². The van der Waals surface area contributed by atoms with E-state index in [1.807, 2.05) is 0 Å². The molecule has 1 aliphatic heterocycles. The normalized spacial score (nSPS) is 15.2. The first-order chi connectivity index (χ1) is 13.8. The first-order valence-electron chi connectivity index (χ1n) is 8.54. The summed E-state index contributed by atoms with van der Waals surface area (Å²) in [5.41, 5.74) is 1.67. The van der Waals surface area contributed by atoms with Gasteiger partial charge >= 0.3 is 5.97 Å². The zero-order valence-electron chi connectivity index (χ0n) is 15.0. The van der Waals surface area contributed by atoms with E-state index >= 15 is 0 Å². The summed E-state index contributed by atoms with van der Waals surface area (Å²) in [5.74, 6) is -1.47. The summed E-state index contributed by atoms with van der Waals surface area (Å²) in [6.45, 7) is 0.0462. The number of benzene rings is 1. The zero-order valence-corrected chi connectivity index (χ0v) is 15.8. The first kappa shape index (κ1) is 20.2. The van der Waals surface area contributed by atoms with Crippen molar-refractivity contribution in [2.24, 2.45) is 0 Å². The lowest BCUT2D eigenvalue weighted by Crippen LogP contribution is -2.29. The van der Waals surface area contributed by atoms with Crippen LogP contribution >= 0.6 is 11.8 Å². The predicted octanol–water partition coefficient (Wildman–Crippen LogP) is 3.56. The molecule has 2 aromatic rings. The molecule has 0 saturated carbocycles. The topological polar surface area (TPSA) is 131 Å². The van der Waals surface area contributed by atoms with Crippen molar-refractivity contribution in [2.45, 2.75) is 12.8 Å². The fourth-order valence-corrected chi connectivity index (χ4v) is 3.51. The van der Waals surface area contributed by atoms with Gasteiger partial charge in [-0.25, -0.2) is 4.98 Å². The lowest BCUT2D eigenvalue weighted by molar-refractivity contribution is -0.384. The van der Waals surface area contributed by atoms with E-state index in [1.165, 1.54) is 18.2 Å². The molecule has 0 bridgehead atoms. The van der Waals surface area contributed by atoms with Crippen molar-refractivity contribution in [1.82, 2.24) is 9.88 Å². The quantitative estimate of drug-likeness (QED) is 0.414. The van der Waals surface area contributed by atoms with E-state index in [1.54, 1.807) is 30.3 Å². The van der Waals surface area contributed by atoms with Gasteiger partial charge in [-0.1, -0.05) is 6.07 Å². The lowest BCUT2D eigenvalue weighted by atomic mass is 10.1. The van der Waals surface area contributed by atoms with E-state index in [9.17, 15) is 24.5 Å². The van der Waals surface area contributed by atoms with E-state index in [-0.39, 0.29) is 30.0 Å². The number of carboxylic acid groups (broad SMARTS) is 1. The Balaban J connectivity index is 1.77. The number of nitro groups is 1. The molecule has 0 radical (unpaired) electrons. The first-order valence-corrected chi connectivity index (χ1v) is 9.36. The molecule has 0 atom stereocenters. The van der Waals surface area contributed by atoms with Gasteiger partial charge in [0.25, 0.3) is 16.8 Å². The smallest absolute Gasteiger partial charge is 0.303 e. The number of imide groups is 1. The van der Waals surface area contributed by atoms with Crippen molar-refractivity contribution in [1.29, 1.82) is 0 Å². The minimum absolute atomic E-state index is 0.0264. The Kier molecular flexibility index (Phi) is 6.03. The highest BCUT2D eigenvalue weighted by atomic mass is 32.2. The molecule has 1 aromatic heterocycles. The second kappa shape index (κ2) is 8.65. The molecule has 3 rings (SSSR count). The van der Waals surface area contributed by atoms with Gasteiger partial charge in [0, 0.05) is 30.7 Å². The Hall–Kier alpha value is -3.53. The van der Waals surface area contributed by atoms with Gasteiger partial charge in [0.05, 0.1) is 21.2 Å². The molecule has 0 spiro atoms. The van der Waals surface area contributed by atoms with Gasteiger partial charge in [-0.15, -0.1) is 0 Å². The van der Waals surface area contributed by atoms with Crippen LogP contribution in [0.4, 0.5) is 10.5 Å². The van der Waals surface area contributed by atoms with Crippen LogP contribution in [0, 0.1) is 10.1 Å². The number of hydrogen-bond donors (Lipinski definition) is 1. The van der Waals surface area contributed by atoms with Crippen molar-refractivity contribution in [2.75, 3.05) is 6.54 Å². The summed E-state index contributed by atoms with van der Waals surface area (Å²) in [7, 11) is 0. The predicted molar refractivity (Wildman–Crippen MR) is 106 cm³/mol. The number of aromatic nitrogens is 1. The average Bonchev–Trinajstić information content (AvgIpc) is 2.95. The Morgan fingerprint density at radius 2 is 1.93 bits per heavy atom. The van der Waals surface area contributed by atoms with Gasteiger partial charge in [0.1, 0.15) is 0 Å². The van der Waals surface area contributed by atoms with Crippen molar-refractivity contribution < 1.29 is 24.4 Å². The third kappa shape index (κ3) is 4.85. The highest BCUT2D eigenvalue weighted by Gasteiger charge is 2.34. The summed E-state index contributed by atoms with van der Waals surface area (Å²) in [5, 5.41) is 19.0. The van der Waals surface area contributed by atoms with Crippen molar-refractivity contribution in [3.8, 4) is 11.3 Å². The Morgan fingerprint density at radius 1 is 1.21 bits per heavy atom. The number of carboxylic acids is 1. The van der Waals surface area contributed by atoms with Crippen LogP contribution in [-0.4, -0.2) is 43.6 Å². The lowest BCUT2D eigenvalue weighted by Gasteiger charge is -2.10. The minimum Gasteiger partial charge on any atom is -0.481 e. The van der Waals surface area contributed by atoms with Gasteiger partial charge in [-0.05, 0) is 48.5 Å². The zero-order chi connectivity index (χ0) is 21.0. The maximum atomic E-state index is 12.4. The molecule has 10 heteroatoms. The molecular formula is C19H15N3O6S. The molecule has 9 nitrogen and oxygen atoms in total. The number of pyridine rings is 1. The summed E-state index contributed by atoms with van der Waals surface area (Å²) < 4.78 is 0. The average molecular weight is 413 g/mol. The van der Waals surface area contributed by atoms with Crippen LogP contribution in [-0.2, 0) is 9.59 Å². The van der Waals surface area contributed by atoms with Crippen molar-refractivity contribution >= 4 is 40.6 Å². The monoisotopic (exact) mass is 413 g/mol. The minimum atomic E-state index is -0.986. The highest BCUT2D eigenvalue weighted by Crippen LogP contribution is 2.32. The number of carbonyl (C=O) groups excluding carboxylic acids is 2. The fourth-order valence-electron chi connectivity index (χ4n) is 2.66. The number of rotatable bonds is 7. The van der Waals surface area contributed by atoms with Crippen molar-refractivity contribution in [3.63, 3.8) is 0 Å². The second-order valence-electron chi connectivity index (χ2n) is 6.08. The molecule has 0 unspecified atom stereocenters. The molecule has 1 fully saturated rings. The number of non-ortho nitro benzene ring substituents is 1. The largest absolute Gasteiger partial charge is 0.481 e. The van der Waals surface area contributed by atoms with Gasteiger partial charge in [0.15, 0.2) is 0 Å². The Morgan fingerprint density at radius 3 is 2.59 bits per heavy atom. The standard InChI is InChI=1S/C19H15N3O6S/c23-17(24)5-2-10-21-18(25)16(29-19(21)26)11-13-3-1-4-15(20-13)12-6-8-14(9-7-12)22(27)28/h1,3-4,6-9,11H,2,5,10H2,(H,23,24)/b16-11-. The van der Waals surface area contributed by atoms with Crippen LogP contribution in [0.15, 0.2) is 47.4 Å². The van der Waals surface area contributed by atoms with E-state index in [0.717, 1.165) is 16.7 Å². The number of aliphatic carboxylic acids is 1. The number of hydrogen-bond acceptors (Lipinski definition) is 7. The van der Waals surface area contributed by atoms with E-state index in [0.29, 0.717) is 17.0 Å². The molecule has 2 amide bonds. The van der Waals surface area contributed by atoms with E-state index in [2.05, 4.69) is 4.98 Å². The van der Waals surface area contributed by atoms with Crippen molar-refractivity contribution in [3.05, 3.63) is 63.2 Å². The molecule has 1 saturated heterocycles. The van der Waals surface area contributed by atoms with Gasteiger partial charge in [-0.3, -0.25) is 29.4 Å². The molecular weight excluding hydrogens is 398 g/mol. The van der Waals surface area contributed by atoms with E-state index in [4.69, 9.17) is 5.11 Å². The maximum absolute atomic E-state index is 12.4. The fraction of sp³-hybridized carbons (Fsp3) is 0.158. The van der Waals surface area contributed by atoms with Gasteiger partial charge in [-0.2, -0.15) is 0 Å². The van der Waals surface area contributed by atoms with Crippen LogP contribution in [0.25, 0.3) is 17.3 Å². The highest BCUT2D eigenvalue weighted by molar-refractivity contribution is 8.18. The van der Waals surface area contributed by atoms with Crippen LogP contribution < -0.4 is 0 Å². The van der Waals surface area contributed by atoms with Crippen LogP contribution in [0.3, 0.4) is 0 Å². The number of nitrogens with zero attached hydrogens (tertiary/aromatic N) is 3. The summed E-state index contributed by atoms with van der Waals surface area (Å²) in [6.07, 6.45) is 1.56. The molecule has 2 heterocycles. The van der Waals surface area contributed by atoms with E-state index < -0.39 is 22.0 Å². The molecule has 1 N–H and O–H groups in total. The Bertz CT molecular complexity index is 1020. The summed E-state index contributed by atoms with van der Waals surface area (Å²) in [6, 6.07) is 11.1. The summed E-state index contributed by atoms with van der Waals surface area (Å²) >= 11 is 0.778. The molecule has 1 aromatic carbocycles. The van der Waals surface area contributed by atoms with Crippen LogP contribution in [0.5, 0.6) is 0 Å². The maximum Gasteiger partial charge on any atom is 0.303 e. The molecule has 1 aliphatic rings. The number of carbonyl (C=O) groups is 3. The summed E-state index contributed by atoms with van der Waals surface area (Å²) in [4.78, 5) is 51.0.